The van der Waals surface area contributed by atoms with E-state index in [1.54, 1.807) is 0 Å². The summed E-state index contributed by atoms with van der Waals surface area (Å²) in [6.45, 7) is 0. The third kappa shape index (κ3) is 1.42. The van der Waals surface area contributed by atoms with Crippen molar-refractivity contribution >= 4 is 17.3 Å². The van der Waals surface area contributed by atoms with E-state index in [4.69, 9.17) is 11.6 Å². The molecule has 2 rings (SSSR count). The molecular formula is C10H12ClN. The predicted molar refractivity (Wildman–Crippen MR) is 53.0 cm³/mol. The molecule has 1 nitrogen and oxygen atoms in total. The summed E-state index contributed by atoms with van der Waals surface area (Å²) in [7, 11) is 1.93. The van der Waals surface area contributed by atoms with Gasteiger partial charge in [-0.1, -0.05) is 11.6 Å². The van der Waals surface area contributed by atoms with Crippen LogP contribution in [-0.4, -0.2) is 7.05 Å². The molecule has 1 aliphatic carbocycles. The lowest BCUT2D eigenvalue weighted by molar-refractivity contribution is 1.13. The fourth-order valence-electron chi connectivity index (χ4n) is 1.41. The summed E-state index contributed by atoms with van der Waals surface area (Å²) in [5, 5.41) is 4.03. The van der Waals surface area contributed by atoms with Crippen LogP contribution in [0.1, 0.15) is 24.3 Å². The molecule has 0 atom stereocenters. The van der Waals surface area contributed by atoms with Crippen LogP contribution in [0, 0.1) is 0 Å². The zero-order valence-corrected chi connectivity index (χ0v) is 7.86. The quantitative estimate of drug-likeness (QED) is 0.739. The van der Waals surface area contributed by atoms with Gasteiger partial charge in [-0.25, -0.2) is 0 Å². The van der Waals surface area contributed by atoms with Crippen LogP contribution in [0.3, 0.4) is 0 Å². The minimum Gasteiger partial charge on any atom is -0.388 e. The number of anilines is 1. The number of hydrogen-bond donors (Lipinski definition) is 1. The van der Waals surface area contributed by atoms with Crippen LogP contribution in [0.2, 0.25) is 5.02 Å². The summed E-state index contributed by atoms with van der Waals surface area (Å²) in [5.41, 5.74) is 2.46. The minimum atomic E-state index is 0.728. The van der Waals surface area contributed by atoms with E-state index in [1.165, 1.54) is 18.4 Å². The number of rotatable bonds is 2. The second-order valence-electron chi connectivity index (χ2n) is 3.26. The number of halogens is 1. The number of nitrogens with one attached hydrogen (secondary N) is 1. The van der Waals surface area contributed by atoms with Gasteiger partial charge < -0.3 is 5.32 Å². The maximum atomic E-state index is 6.06. The fraction of sp³-hybridized carbons (Fsp3) is 0.400. The zero-order chi connectivity index (χ0) is 8.55. The fourth-order valence-corrected chi connectivity index (χ4v) is 1.68. The Bertz CT molecular complexity index is 292. The first-order chi connectivity index (χ1) is 5.81. The summed E-state index contributed by atoms with van der Waals surface area (Å²) in [6, 6.07) is 6.13. The molecule has 1 N–H and O–H groups in total. The second kappa shape index (κ2) is 2.98. The van der Waals surface area contributed by atoms with Crippen molar-refractivity contribution in [1.29, 1.82) is 0 Å². The van der Waals surface area contributed by atoms with Gasteiger partial charge in [0.1, 0.15) is 0 Å². The molecule has 1 aromatic carbocycles. The smallest absolute Gasteiger partial charge is 0.0442 e. The van der Waals surface area contributed by atoms with Crippen molar-refractivity contribution in [2.75, 3.05) is 12.4 Å². The Balaban J connectivity index is 2.36. The van der Waals surface area contributed by atoms with E-state index in [2.05, 4.69) is 11.4 Å². The van der Waals surface area contributed by atoms with E-state index in [0.29, 0.717) is 0 Å². The lowest BCUT2D eigenvalue weighted by Gasteiger charge is -2.05. The van der Waals surface area contributed by atoms with E-state index in [-0.39, 0.29) is 0 Å². The largest absolute Gasteiger partial charge is 0.388 e. The highest BCUT2D eigenvalue weighted by Crippen LogP contribution is 2.43. The predicted octanol–water partition coefficient (Wildman–Crippen LogP) is 3.26. The first kappa shape index (κ1) is 7.93. The van der Waals surface area contributed by atoms with Crippen molar-refractivity contribution in [2.45, 2.75) is 18.8 Å². The first-order valence-corrected chi connectivity index (χ1v) is 4.66. The van der Waals surface area contributed by atoms with E-state index in [9.17, 15) is 0 Å². The standard InChI is InChI=1S/C10H12ClN/c1-12-8-4-5-10(11)9(6-8)7-2-3-7/h4-7,12H,2-3H2,1H3. The van der Waals surface area contributed by atoms with Crippen LogP contribution in [0.25, 0.3) is 0 Å². The average Bonchev–Trinajstić information content (AvgIpc) is 2.88. The lowest BCUT2D eigenvalue weighted by Crippen LogP contribution is -1.89. The Labute approximate surface area is 77.7 Å². The molecule has 1 aromatic rings. The van der Waals surface area contributed by atoms with Crippen molar-refractivity contribution < 1.29 is 0 Å². The number of benzene rings is 1. The summed E-state index contributed by atoms with van der Waals surface area (Å²) < 4.78 is 0. The van der Waals surface area contributed by atoms with Crippen LogP contribution < -0.4 is 5.32 Å². The monoisotopic (exact) mass is 181 g/mol. The van der Waals surface area contributed by atoms with E-state index in [0.717, 1.165) is 16.6 Å². The molecule has 0 heterocycles. The van der Waals surface area contributed by atoms with Gasteiger partial charge in [0.15, 0.2) is 0 Å². The van der Waals surface area contributed by atoms with Gasteiger partial charge in [0.05, 0.1) is 0 Å². The molecule has 0 radical (unpaired) electrons. The van der Waals surface area contributed by atoms with E-state index >= 15 is 0 Å². The topological polar surface area (TPSA) is 12.0 Å². The molecule has 64 valence electrons. The molecule has 1 saturated carbocycles. The zero-order valence-electron chi connectivity index (χ0n) is 7.10. The third-order valence-corrected chi connectivity index (χ3v) is 2.65. The van der Waals surface area contributed by atoms with Gasteiger partial charge in [-0.15, -0.1) is 0 Å². The molecule has 1 aliphatic rings. The molecule has 0 bridgehead atoms. The maximum Gasteiger partial charge on any atom is 0.0442 e. The summed E-state index contributed by atoms with van der Waals surface area (Å²) in [4.78, 5) is 0. The van der Waals surface area contributed by atoms with Crippen LogP contribution in [0.15, 0.2) is 18.2 Å². The van der Waals surface area contributed by atoms with Gasteiger partial charge in [-0.05, 0) is 42.5 Å². The van der Waals surface area contributed by atoms with Crippen LogP contribution in [0.4, 0.5) is 5.69 Å². The molecule has 0 spiro atoms. The van der Waals surface area contributed by atoms with Gasteiger partial charge in [0.25, 0.3) is 0 Å². The molecule has 0 amide bonds. The van der Waals surface area contributed by atoms with Gasteiger partial charge in [-0.3, -0.25) is 0 Å². The molecule has 12 heavy (non-hydrogen) atoms. The molecule has 0 aromatic heterocycles. The van der Waals surface area contributed by atoms with Crippen molar-refractivity contribution in [1.82, 2.24) is 0 Å². The lowest BCUT2D eigenvalue weighted by atomic mass is 10.1. The average molecular weight is 182 g/mol. The molecule has 1 fully saturated rings. The SMILES string of the molecule is CNc1ccc(Cl)c(C2CC2)c1. The van der Waals surface area contributed by atoms with Gasteiger partial charge in [0, 0.05) is 17.8 Å². The Kier molecular flexibility index (Phi) is 1.97. The van der Waals surface area contributed by atoms with Crippen LogP contribution in [-0.2, 0) is 0 Å². The first-order valence-electron chi connectivity index (χ1n) is 4.28. The summed E-state index contributed by atoms with van der Waals surface area (Å²) in [6.07, 6.45) is 2.60. The van der Waals surface area contributed by atoms with Crippen LogP contribution >= 0.6 is 11.6 Å². The van der Waals surface area contributed by atoms with Gasteiger partial charge in [-0.2, -0.15) is 0 Å². The van der Waals surface area contributed by atoms with Crippen molar-refractivity contribution in [2.24, 2.45) is 0 Å². The Hall–Kier alpha value is -0.690. The van der Waals surface area contributed by atoms with Crippen molar-refractivity contribution in [3.8, 4) is 0 Å². The van der Waals surface area contributed by atoms with Crippen molar-refractivity contribution in [3.63, 3.8) is 0 Å². The summed E-state index contributed by atoms with van der Waals surface area (Å²) in [5.74, 6) is 0.728. The van der Waals surface area contributed by atoms with Gasteiger partial charge in [0.2, 0.25) is 0 Å². The Morgan fingerprint density at radius 2 is 2.17 bits per heavy atom. The minimum absolute atomic E-state index is 0.728. The van der Waals surface area contributed by atoms with Gasteiger partial charge >= 0.3 is 0 Å². The van der Waals surface area contributed by atoms with Crippen molar-refractivity contribution in [3.05, 3.63) is 28.8 Å². The molecule has 0 saturated heterocycles. The van der Waals surface area contributed by atoms with E-state index in [1.807, 2.05) is 19.2 Å². The Morgan fingerprint density at radius 3 is 2.75 bits per heavy atom. The maximum absolute atomic E-state index is 6.06. The van der Waals surface area contributed by atoms with E-state index < -0.39 is 0 Å². The molecule has 0 unspecified atom stereocenters. The normalized spacial score (nSPS) is 16.2. The second-order valence-corrected chi connectivity index (χ2v) is 3.67. The van der Waals surface area contributed by atoms with Crippen LogP contribution in [0.5, 0.6) is 0 Å². The highest BCUT2D eigenvalue weighted by molar-refractivity contribution is 6.31. The highest BCUT2D eigenvalue weighted by atomic mass is 35.5. The molecular weight excluding hydrogens is 170 g/mol. The number of hydrogen-bond acceptors (Lipinski definition) is 1. The highest BCUT2D eigenvalue weighted by Gasteiger charge is 2.25. The Morgan fingerprint density at radius 1 is 1.42 bits per heavy atom. The third-order valence-electron chi connectivity index (χ3n) is 2.30. The summed E-state index contributed by atoms with van der Waals surface area (Å²) >= 11 is 6.06. The molecule has 0 aliphatic heterocycles. The molecule has 2 heteroatoms.